The zero-order chi connectivity index (χ0) is 21.5. The molecule has 8 nitrogen and oxygen atoms in total. The van der Waals surface area contributed by atoms with Crippen molar-refractivity contribution in [3.05, 3.63) is 27.4 Å². The van der Waals surface area contributed by atoms with Crippen LogP contribution in [0.15, 0.2) is 22.0 Å². The van der Waals surface area contributed by atoms with E-state index >= 15 is 0 Å². The van der Waals surface area contributed by atoms with Gasteiger partial charge >= 0.3 is 5.97 Å². The zero-order valence-electron chi connectivity index (χ0n) is 17.0. The monoisotopic (exact) mass is 465 g/mol. The van der Waals surface area contributed by atoms with Crippen molar-refractivity contribution < 1.29 is 14.3 Å². The van der Waals surface area contributed by atoms with Crippen LogP contribution in [0.4, 0.5) is 5.13 Å². The van der Waals surface area contributed by atoms with E-state index in [1.807, 2.05) is 11.6 Å². The number of nitrogens with zero attached hydrogens (tertiary/aromatic N) is 4. The van der Waals surface area contributed by atoms with Gasteiger partial charge in [-0.15, -0.1) is 32.9 Å². The second kappa shape index (κ2) is 10.7. The molecule has 0 spiro atoms. The molecule has 0 aliphatic rings. The smallest absolute Gasteiger partial charge is 0.311 e. The van der Waals surface area contributed by atoms with Gasteiger partial charge in [-0.2, -0.15) is 0 Å². The Kier molecular flexibility index (Phi) is 8.00. The van der Waals surface area contributed by atoms with Gasteiger partial charge in [0.05, 0.1) is 24.5 Å². The standard InChI is InChI=1S/C19H23N5O3S3/c1-4-6-14-7-12(9-28-14)17-22-23-19(24(17)3)30-11-15(25)21-18-20-13(10-29-18)8-16(26)27-5-2/h7,9-10H,4-6,8,11H2,1-3H3,(H,20,21,25). The number of thiazole rings is 1. The van der Waals surface area contributed by atoms with Gasteiger partial charge in [0.1, 0.15) is 0 Å². The number of esters is 1. The third-order valence-electron chi connectivity index (χ3n) is 4.00. The lowest BCUT2D eigenvalue weighted by Gasteiger charge is -2.03. The van der Waals surface area contributed by atoms with Crippen LogP contribution in [0, 0.1) is 0 Å². The van der Waals surface area contributed by atoms with E-state index in [-0.39, 0.29) is 24.1 Å². The van der Waals surface area contributed by atoms with Gasteiger partial charge in [-0.25, -0.2) is 4.98 Å². The number of carbonyl (C=O) groups is 2. The summed E-state index contributed by atoms with van der Waals surface area (Å²) in [7, 11) is 1.90. The fourth-order valence-corrected chi connectivity index (χ4v) is 5.06. The van der Waals surface area contributed by atoms with E-state index in [0.29, 0.717) is 22.6 Å². The molecule has 0 saturated heterocycles. The lowest BCUT2D eigenvalue weighted by atomic mass is 10.2. The third kappa shape index (κ3) is 5.89. The number of nitrogens with one attached hydrogen (secondary N) is 1. The van der Waals surface area contributed by atoms with Crippen molar-refractivity contribution in [2.45, 2.75) is 38.3 Å². The van der Waals surface area contributed by atoms with Crippen LogP contribution >= 0.6 is 34.4 Å². The number of carbonyl (C=O) groups excluding carboxylic acids is 2. The predicted octanol–water partition coefficient (Wildman–Crippen LogP) is 3.79. The molecule has 0 unspecified atom stereocenters. The Labute approximate surface area is 187 Å². The van der Waals surface area contributed by atoms with Crippen molar-refractivity contribution >= 4 is 51.4 Å². The summed E-state index contributed by atoms with van der Waals surface area (Å²) in [5.41, 5.74) is 1.63. The minimum Gasteiger partial charge on any atom is -0.466 e. The first-order valence-corrected chi connectivity index (χ1v) is 12.2. The second-order valence-electron chi connectivity index (χ2n) is 6.38. The van der Waals surface area contributed by atoms with Crippen LogP contribution in [-0.4, -0.2) is 44.0 Å². The first-order chi connectivity index (χ1) is 14.5. The number of hydrogen-bond acceptors (Lipinski definition) is 9. The molecule has 1 amide bonds. The molecule has 30 heavy (non-hydrogen) atoms. The van der Waals surface area contributed by atoms with Crippen LogP contribution in [-0.2, 0) is 34.2 Å². The zero-order valence-corrected chi connectivity index (χ0v) is 19.5. The van der Waals surface area contributed by atoms with Crippen molar-refractivity contribution in [2.75, 3.05) is 17.7 Å². The summed E-state index contributed by atoms with van der Waals surface area (Å²) < 4.78 is 6.80. The Bertz CT molecular complexity index is 1010. The summed E-state index contributed by atoms with van der Waals surface area (Å²) in [6.07, 6.45) is 2.26. The van der Waals surface area contributed by atoms with E-state index in [9.17, 15) is 9.59 Å². The van der Waals surface area contributed by atoms with Crippen molar-refractivity contribution in [3.63, 3.8) is 0 Å². The van der Waals surface area contributed by atoms with Gasteiger partial charge in [0.15, 0.2) is 16.1 Å². The van der Waals surface area contributed by atoms with E-state index in [4.69, 9.17) is 4.74 Å². The largest absolute Gasteiger partial charge is 0.466 e. The maximum absolute atomic E-state index is 12.3. The number of ether oxygens (including phenoxy) is 1. The average Bonchev–Trinajstić information content (AvgIpc) is 3.42. The molecule has 3 aromatic rings. The maximum atomic E-state index is 12.3. The van der Waals surface area contributed by atoms with E-state index < -0.39 is 0 Å². The summed E-state index contributed by atoms with van der Waals surface area (Å²) in [6, 6.07) is 2.15. The first kappa shape index (κ1) is 22.4. The molecule has 0 aromatic carbocycles. The van der Waals surface area contributed by atoms with Crippen LogP contribution in [0.5, 0.6) is 0 Å². The fourth-order valence-electron chi connectivity index (χ4n) is 2.66. The van der Waals surface area contributed by atoms with Gasteiger partial charge in [-0.3, -0.25) is 9.59 Å². The van der Waals surface area contributed by atoms with E-state index in [0.717, 1.165) is 24.2 Å². The molecule has 160 valence electrons. The van der Waals surface area contributed by atoms with Crippen molar-refractivity contribution in [2.24, 2.45) is 7.05 Å². The maximum Gasteiger partial charge on any atom is 0.311 e. The van der Waals surface area contributed by atoms with Crippen molar-refractivity contribution in [1.82, 2.24) is 19.7 Å². The molecule has 0 radical (unpaired) electrons. The molecule has 3 heterocycles. The highest BCUT2D eigenvalue weighted by molar-refractivity contribution is 7.99. The number of aryl methyl sites for hydroxylation is 1. The normalized spacial score (nSPS) is 10.9. The Balaban J connectivity index is 1.53. The summed E-state index contributed by atoms with van der Waals surface area (Å²) in [6.45, 7) is 4.25. The van der Waals surface area contributed by atoms with E-state index in [1.54, 1.807) is 23.6 Å². The summed E-state index contributed by atoms with van der Waals surface area (Å²) in [4.78, 5) is 29.4. The van der Waals surface area contributed by atoms with Crippen LogP contribution in [0.2, 0.25) is 0 Å². The Morgan fingerprint density at radius 3 is 2.83 bits per heavy atom. The van der Waals surface area contributed by atoms with Crippen LogP contribution in [0.3, 0.4) is 0 Å². The highest BCUT2D eigenvalue weighted by atomic mass is 32.2. The van der Waals surface area contributed by atoms with Gasteiger partial charge in [-0.05, 0) is 19.4 Å². The van der Waals surface area contributed by atoms with E-state index in [2.05, 4.69) is 38.9 Å². The Morgan fingerprint density at radius 2 is 2.07 bits per heavy atom. The average molecular weight is 466 g/mol. The molecule has 0 fully saturated rings. The van der Waals surface area contributed by atoms with Crippen molar-refractivity contribution in [3.8, 4) is 11.4 Å². The molecule has 3 aromatic heterocycles. The Hall–Kier alpha value is -2.24. The van der Waals surface area contributed by atoms with Gasteiger partial charge in [-0.1, -0.05) is 25.1 Å². The number of hydrogen-bond donors (Lipinski definition) is 1. The third-order valence-corrected chi connectivity index (χ3v) is 6.83. The molecule has 0 atom stereocenters. The molecule has 11 heteroatoms. The quantitative estimate of drug-likeness (QED) is 0.359. The summed E-state index contributed by atoms with van der Waals surface area (Å²) in [5.74, 6) is 0.452. The van der Waals surface area contributed by atoms with Crippen molar-refractivity contribution in [1.29, 1.82) is 0 Å². The minimum atomic E-state index is -0.332. The molecular formula is C19H23N5O3S3. The molecular weight excluding hydrogens is 442 g/mol. The van der Waals surface area contributed by atoms with Gasteiger partial charge in [0.25, 0.3) is 0 Å². The van der Waals surface area contributed by atoms with Crippen LogP contribution in [0.1, 0.15) is 30.8 Å². The summed E-state index contributed by atoms with van der Waals surface area (Å²) in [5, 5.41) is 16.2. The fraction of sp³-hybridized carbons (Fsp3) is 0.421. The van der Waals surface area contributed by atoms with Crippen LogP contribution in [0.25, 0.3) is 11.4 Å². The Morgan fingerprint density at radius 1 is 1.23 bits per heavy atom. The molecule has 0 bridgehead atoms. The highest BCUT2D eigenvalue weighted by Crippen LogP contribution is 2.27. The SMILES string of the molecule is CCCc1cc(-c2nnc(SCC(=O)Nc3nc(CC(=O)OCC)cs3)n2C)cs1. The number of thiophene rings is 1. The highest BCUT2D eigenvalue weighted by Gasteiger charge is 2.15. The summed E-state index contributed by atoms with van der Waals surface area (Å²) >= 11 is 4.32. The van der Waals surface area contributed by atoms with Gasteiger partial charge < -0.3 is 14.6 Å². The number of thioether (sulfide) groups is 1. The molecule has 1 N–H and O–H groups in total. The number of aromatic nitrogens is 4. The number of rotatable bonds is 10. The molecule has 0 aliphatic heterocycles. The number of amides is 1. The van der Waals surface area contributed by atoms with Crippen LogP contribution < -0.4 is 5.32 Å². The first-order valence-electron chi connectivity index (χ1n) is 9.50. The molecule has 0 saturated carbocycles. The second-order valence-corrected chi connectivity index (χ2v) is 9.18. The van der Waals surface area contributed by atoms with Gasteiger partial charge in [0.2, 0.25) is 5.91 Å². The lowest BCUT2D eigenvalue weighted by molar-refractivity contribution is -0.142. The molecule has 0 aliphatic carbocycles. The minimum absolute atomic E-state index is 0.0965. The number of anilines is 1. The topological polar surface area (TPSA) is 99.0 Å². The van der Waals surface area contributed by atoms with Gasteiger partial charge in [0, 0.05) is 28.2 Å². The lowest BCUT2D eigenvalue weighted by Crippen LogP contribution is -2.14. The predicted molar refractivity (Wildman–Crippen MR) is 120 cm³/mol. The molecule has 3 rings (SSSR count). The van der Waals surface area contributed by atoms with E-state index in [1.165, 1.54) is 28.0 Å².